The lowest BCUT2D eigenvalue weighted by Gasteiger charge is -2.18. The summed E-state index contributed by atoms with van der Waals surface area (Å²) < 4.78 is 5.79. The highest BCUT2D eigenvalue weighted by atomic mass is 35.5. The molecule has 0 aliphatic rings. The lowest BCUT2D eigenvalue weighted by atomic mass is 9.95. The van der Waals surface area contributed by atoms with Gasteiger partial charge in [-0.2, -0.15) is 11.3 Å². The van der Waals surface area contributed by atoms with Gasteiger partial charge in [-0.05, 0) is 46.2 Å². The number of hydrogen-bond donors (Lipinski definition) is 1. The van der Waals surface area contributed by atoms with Crippen LogP contribution in [-0.2, 0) is 0 Å². The van der Waals surface area contributed by atoms with Gasteiger partial charge in [0.1, 0.15) is 5.75 Å². The van der Waals surface area contributed by atoms with Gasteiger partial charge in [0.2, 0.25) is 0 Å². The van der Waals surface area contributed by atoms with E-state index in [4.69, 9.17) is 10.5 Å². The fourth-order valence-electron chi connectivity index (χ4n) is 2.50. The third-order valence-electron chi connectivity index (χ3n) is 3.44. The van der Waals surface area contributed by atoms with E-state index in [9.17, 15) is 0 Å². The predicted octanol–water partition coefficient (Wildman–Crippen LogP) is 4.77. The minimum atomic E-state index is -0.158. The minimum Gasteiger partial charge on any atom is -0.493 e. The lowest BCUT2D eigenvalue weighted by Crippen LogP contribution is -2.13. The van der Waals surface area contributed by atoms with Crippen LogP contribution in [0.5, 0.6) is 5.75 Å². The third-order valence-corrected chi connectivity index (χ3v) is 4.15. The molecule has 2 nitrogen and oxygen atoms in total. The Balaban J connectivity index is 0.00000161. The Kier molecular flexibility index (Phi) is 5.23. The van der Waals surface area contributed by atoms with Crippen molar-refractivity contribution in [3.63, 3.8) is 0 Å². The van der Waals surface area contributed by atoms with Crippen molar-refractivity contribution in [2.75, 3.05) is 6.61 Å². The summed E-state index contributed by atoms with van der Waals surface area (Å²) in [5, 5.41) is 6.51. The SMILES string of the molecule is CCOc1ccc2ccccc2c1[C@H](N)c1ccsc1.Cl. The van der Waals surface area contributed by atoms with Crippen LogP contribution in [0.15, 0.2) is 53.2 Å². The number of nitrogens with two attached hydrogens (primary N) is 1. The summed E-state index contributed by atoms with van der Waals surface area (Å²) in [6, 6.07) is 14.3. The Hall–Kier alpha value is -1.55. The topological polar surface area (TPSA) is 35.2 Å². The number of benzene rings is 2. The molecule has 0 aliphatic carbocycles. The van der Waals surface area contributed by atoms with E-state index < -0.39 is 0 Å². The number of thiophene rings is 1. The van der Waals surface area contributed by atoms with Crippen molar-refractivity contribution in [3.8, 4) is 5.75 Å². The first-order valence-electron chi connectivity index (χ1n) is 6.73. The average Bonchev–Trinajstić information content (AvgIpc) is 3.01. The standard InChI is InChI=1S/C17H17NOS.ClH/c1-2-19-15-8-7-12-5-3-4-6-14(12)16(15)17(18)13-9-10-20-11-13;/h3-11,17H,2,18H2,1H3;1H/t17-;/m1./s1. The summed E-state index contributed by atoms with van der Waals surface area (Å²) in [6.07, 6.45) is 0. The van der Waals surface area contributed by atoms with Crippen LogP contribution in [0.2, 0.25) is 0 Å². The molecule has 3 aromatic rings. The smallest absolute Gasteiger partial charge is 0.125 e. The fraction of sp³-hybridized carbons (Fsp3) is 0.176. The van der Waals surface area contributed by atoms with Gasteiger partial charge in [0, 0.05) is 5.56 Å². The molecule has 3 rings (SSSR count). The van der Waals surface area contributed by atoms with Crippen LogP contribution in [0.3, 0.4) is 0 Å². The molecule has 2 aromatic carbocycles. The quantitative estimate of drug-likeness (QED) is 0.751. The zero-order valence-electron chi connectivity index (χ0n) is 11.8. The largest absolute Gasteiger partial charge is 0.493 e. The average molecular weight is 320 g/mol. The van der Waals surface area contributed by atoms with Gasteiger partial charge in [0.25, 0.3) is 0 Å². The van der Waals surface area contributed by atoms with E-state index in [0.29, 0.717) is 6.61 Å². The molecule has 1 heterocycles. The fourth-order valence-corrected chi connectivity index (χ4v) is 3.19. The second-order valence-corrected chi connectivity index (χ2v) is 5.45. The van der Waals surface area contributed by atoms with Crippen molar-refractivity contribution < 1.29 is 4.74 Å². The summed E-state index contributed by atoms with van der Waals surface area (Å²) in [5.74, 6) is 0.880. The summed E-state index contributed by atoms with van der Waals surface area (Å²) >= 11 is 1.67. The van der Waals surface area contributed by atoms with E-state index >= 15 is 0 Å². The van der Waals surface area contributed by atoms with E-state index in [-0.39, 0.29) is 18.4 Å². The van der Waals surface area contributed by atoms with Gasteiger partial charge in [-0.3, -0.25) is 0 Å². The second-order valence-electron chi connectivity index (χ2n) is 4.67. The van der Waals surface area contributed by atoms with Gasteiger partial charge in [0.15, 0.2) is 0 Å². The molecule has 21 heavy (non-hydrogen) atoms. The lowest BCUT2D eigenvalue weighted by molar-refractivity contribution is 0.336. The van der Waals surface area contributed by atoms with Crippen molar-refractivity contribution in [2.24, 2.45) is 5.73 Å². The molecular formula is C17H18ClNOS. The zero-order chi connectivity index (χ0) is 13.9. The van der Waals surface area contributed by atoms with E-state index in [1.165, 1.54) is 5.39 Å². The molecule has 0 aliphatic heterocycles. The van der Waals surface area contributed by atoms with Crippen LogP contribution in [0.1, 0.15) is 24.1 Å². The summed E-state index contributed by atoms with van der Waals surface area (Å²) in [4.78, 5) is 0. The molecule has 0 amide bonds. The van der Waals surface area contributed by atoms with Crippen molar-refractivity contribution in [1.29, 1.82) is 0 Å². The molecule has 0 saturated carbocycles. The molecule has 1 aromatic heterocycles. The van der Waals surface area contributed by atoms with Crippen LogP contribution in [-0.4, -0.2) is 6.61 Å². The van der Waals surface area contributed by atoms with E-state index in [2.05, 4.69) is 35.0 Å². The highest BCUT2D eigenvalue weighted by Crippen LogP contribution is 2.35. The first-order valence-corrected chi connectivity index (χ1v) is 7.67. The molecule has 0 bridgehead atoms. The maximum absolute atomic E-state index is 6.48. The van der Waals surface area contributed by atoms with Gasteiger partial charge < -0.3 is 10.5 Å². The molecule has 0 saturated heterocycles. The molecule has 2 N–H and O–H groups in total. The summed E-state index contributed by atoms with van der Waals surface area (Å²) in [7, 11) is 0. The molecule has 0 fully saturated rings. The molecule has 4 heteroatoms. The highest BCUT2D eigenvalue weighted by Gasteiger charge is 2.17. The first kappa shape index (κ1) is 15.8. The monoisotopic (exact) mass is 319 g/mol. The van der Waals surface area contributed by atoms with Crippen LogP contribution in [0.4, 0.5) is 0 Å². The molecule has 0 radical (unpaired) electrons. The van der Waals surface area contributed by atoms with Crippen molar-refractivity contribution in [3.05, 3.63) is 64.4 Å². The normalized spacial score (nSPS) is 11.9. The van der Waals surface area contributed by atoms with Gasteiger partial charge in [0.05, 0.1) is 12.6 Å². The van der Waals surface area contributed by atoms with Crippen LogP contribution in [0, 0.1) is 0 Å². The van der Waals surface area contributed by atoms with Gasteiger partial charge in [-0.25, -0.2) is 0 Å². The van der Waals surface area contributed by atoms with Gasteiger partial charge >= 0.3 is 0 Å². The second kappa shape index (κ2) is 6.94. The van der Waals surface area contributed by atoms with Crippen LogP contribution >= 0.6 is 23.7 Å². The first-order chi connectivity index (χ1) is 9.81. The third kappa shape index (κ3) is 3.05. The minimum absolute atomic E-state index is 0. The van der Waals surface area contributed by atoms with E-state index in [0.717, 1.165) is 22.3 Å². The Morgan fingerprint density at radius 3 is 2.67 bits per heavy atom. The van der Waals surface area contributed by atoms with E-state index in [1.807, 2.05) is 25.1 Å². The maximum Gasteiger partial charge on any atom is 0.125 e. The number of rotatable bonds is 4. The van der Waals surface area contributed by atoms with Crippen molar-refractivity contribution in [2.45, 2.75) is 13.0 Å². The van der Waals surface area contributed by atoms with Crippen LogP contribution < -0.4 is 10.5 Å². The predicted molar refractivity (Wildman–Crippen MR) is 92.7 cm³/mol. The van der Waals surface area contributed by atoms with Gasteiger partial charge in [-0.15, -0.1) is 12.4 Å². The number of hydrogen-bond acceptors (Lipinski definition) is 3. The highest BCUT2D eigenvalue weighted by molar-refractivity contribution is 7.08. The maximum atomic E-state index is 6.48. The van der Waals surface area contributed by atoms with E-state index in [1.54, 1.807) is 11.3 Å². The molecule has 0 unspecified atom stereocenters. The molecular weight excluding hydrogens is 302 g/mol. The van der Waals surface area contributed by atoms with Crippen molar-refractivity contribution >= 4 is 34.5 Å². The molecule has 110 valence electrons. The van der Waals surface area contributed by atoms with Crippen LogP contribution in [0.25, 0.3) is 10.8 Å². The Morgan fingerprint density at radius 1 is 1.14 bits per heavy atom. The Bertz CT molecular complexity index is 712. The summed E-state index contributed by atoms with van der Waals surface area (Å²) in [5.41, 5.74) is 8.69. The number of fused-ring (bicyclic) bond motifs is 1. The Morgan fingerprint density at radius 2 is 1.95 bits per heavy atom. The van der Waals surface area contributed by atoms with Gasteiger partial charge in [-0.1, -0.05) is 30.3 Å². The molecule has 1 atom stereocenters. The Labute approximate surface area is 135 Å². The van der Waals surface area contributed by atoms with Crippen molar-refractivity contribution in [1.82, 2.24) is 0 Å². The molecule has 0 spiro atoms. The number of ether oxygens (including phenoxy) is 1. The number of halogens is 1. The zero-order valence-corrected chi connectivity index (χ0v) is 13.4. The summed E-state index contributed by atoms with van der Waals surface area (Å²) in [6.45, 7) is 2.64.